The van der Waals surface area contributed by atoms with Crippen LogP contribution in [-0.4, -0.2) is 22.6 Å². The summed E-state index contributed by atoms with van der Waals surface area (Å²) < 4.78 is 0. The van der Waals surface area contributed by atoms with Gasteiger partial charge in [-0.2, -0.15) is 0 Å². The van der Waals surface area contributed by atoms with Crippen molar-refractivity contribution in [3.05, 3.63) is 12.2 Å². The van der Waals surface area contributed by atoms with Crippen molar-refractivity contribution < 1.29 is 19.5 Å². The van der Waals surface area contributed by atoms with Crippen LogP contribution in [0.3, 0.4) is 0 Å². The van der Waals surface area contributed by atoms with Crippen molar-refractivity contribution in [3.63, 3.8) is 0 Å². The Bertz CT molecular complexity index is 374. The molecule has 0 aromatic rings. The molecule has 0 fully saturated rings. The van der Waals surface area contributed by atoms with Crippen molar-refractivity contribution in [1.82, 2.24) is 0 Å². The number of allylic oxidation sites excluding steroid dienone is 2. The number of carbonyl (C=O) groups excluding carboxylic acids is 2. The number of unbranched alkanes of at least 4 members (excludes halogenated alkanes) is 11. The largest absolute Gasteiger partial charge is 0.481 e. The van der Waals surface area contributed by atoms with E-state index in [1.54, 1.807) is 0 Å². The number of aliphatic carboxylic acids is 1. The topological polar surface area (TPSA) is 71.4 Å². The van der Waals surface area contributed by atoms with Crippen molar-refractivity contribution in [2.45, 2.75) is 111 Å². The van der Waals surface area contributed by atoms with Crippen LogP contribution in [0, 0.1) is 0 Å². The van der Waals surface area contributed by atoms with Gasteiger partial charge in [0.1, 0.15) is 0 Å². The van der Waals surface area contributed by atoms with Gasteiger partial charge in [-0.3, -0.25) is 14.4 Å². The minimum absolute atomic E-state index is 0.332. The molecule has 0 bridgehead atoms. The third kappa shape index (κ3) is 27.4. The molecule has 0 aromatic heterocycles. The molecule has 0 radical (unpaired) electrons. The highest BCUT2D eigenvalue weighted by Gasteiger charge is 1.96. The predicted octanol–water partition coefficient (Wildman–Crippen LogP) is 6.27. The first-order valence-electron chi connectivity index (χ1n) is 10.3. The number of carboxylic acid groups (broad SMARTS) is 1. The number of hydrogen-bond acceptors (Lipinski definition) is 3. The Morgan fingerprint density at radius 3 is 1.42 bits per heavy atom. The Labute approximate surface area is 160 Å². The van der Waals surface area contributed by atoms with Gasteiger partial charge < -0.3 is 5.11 Å². The fourth-order valence-electron chi connectivity index (χ4n) is 2.35. The van der Waals surface area contributed by atoms with E-state index in [1.807, 2.05) is 0 Å². The first-order chi connectivity index (χ1) is 12.4. The molecular formula is C22H40O4. The number of hydrogen-bond donors (Lipinski definition) is 1. The van der Waals surface area contributed by atoms with E-state index in [0.717, 1.165) is 12.8 Å². The van der Waals surface area contributed by atoms with E-state index < -0.39 is 5.97 Å². The minimum Gasteiger partial charge on any atom is -0.481 e. The Kier molecular flexibility index (Phi) is 22.2. The van der Waals surface area contributed by atoms with Gasteiger partial charge in [0.2, 0.25) is 0 Å². The molecule has 0 heterocycles. The molecule has 0 saturated heterocycles. The van der Waals surface area contributed by atoms with Crippen LogP contribution in [0.2, 0.25) is 0 Å². The smallest absolute Gasteiger partial charge is 0.303 e. The zero-order chi connectivity index (χ0) is 20.0. The quantitative estimate of drug-likeness (QED) is 0.198. The SMILES string of the molecule is CC(=O)C(C)=O.CCCCCCCC/C=C\CCCCCCCC(=O)O. The van der Waals surface area contributed by atoms with Gasteiger partial charge in [0, 0.05) is 20.3 Å². The second-order valence-electron chi connectivity index (χ2n) is 6.84. The summed E-state index contributed by atoms with van der Waals surface area (Å²) in [5, 5.41) is 8.51. The summed E-state index contributed by atoms with van der Waals surface area (Å²) in [6.07, 6.45) is 21.2. The van der Waals surface area contributed by atoms with Crippen LogP contribution in [0.4, 0.5) is 0 Å². The van der Waals surface area contributed by atoms with Crippen LogP contribution < -0.4 is 0 Å². The fraction of sp³-hybridized carbons (Fsp3) is 0.773. The second-order valence-corrected chi connectivity index (χ2v) is 6.84. The van der Waals surface area contributed by atoms with E-state index in [9.17, 15) is 14.4 Å². The molecule has 26 heavy (non-hydrogen) atoms. The lowest BCUT2D eigenvalue weighted by Crippen LogP contribution is -2.01. The third-order valence-electron chi connectivity index (χ3n) is 4.15. The van der Waals surface area contributed by atoms with Crippen molar-refractivity contribution in [3.8, 4) is 0 Å². The van der Waals surface area contributed by atoms with Gasteiger partial charge in [0.05, 0.1) is 0 Å². The summed E-state index contributed by atoms with van der Waals surface area (Å²) >= 11 is 0. The van der Waals surface area contributed by atoms with Crippen molar-refractivity contribution in [1.29, 1.82) is 0 Å². The van der Waals surface area contributed by atoms with Crippen molar-refractivity contribution in [2.75, 3.05) is 0 Å². The van der Waals surface area contributed by atoms with Crippen LogP contribution in [0.15, 0.2) is 12.2 Å². The van der Waals surface area contributed by atoms with Crippen LogP contribution in [-0.2, 0) is 14.4 Å². The number of Topliss-reactive ketones (excluding diaryl/α,β-unsaturated/α-hetero) is 2. The van der Waals surface area contributed by atoms with E-state index >= 15 is 0 Å². The van der Waals surface area contributed by atoms with Gasteiger partial charge in [0.25, 0.3) is 0 Å². The molecule has 4 nitrogen and oxygen atoms in total. The highest BCUT2D eigenvalue weighted by molar-refractivity contribution is 6.35. The summed E-state index contributed by atoms with van der Waals surface area (Å²) in [4.78, 5) is 29.9. The number of carboxylic acids is 1. The fourth-order valence-corrected chi connectivity index (χ4v) is 2.35. The zero-order valence-electron chi connectivity index (χ0n) is 17.2. The molecule has 0 spiro atoms. The molecule has 152 valence electrons. The standard InChI is InChI=1S/C18H34O2.C4H6O2/c1-2-3-4-5-6-7-8-9-10-11-12-13-14-15-16-17-18(19)20;1-3(5)4(2)6/h9-10H,2-8,11-17H2,1H3,(H,19,20);1-2H3/b10-9-;. The summed E-state index contributed by atoms with van der Waals surface area (Å²) in [5.41, 5.74) is 0. The first-order valence-corrected chi connectivity index (χ1v) is 10.3. The zero-order valence-corrected chi connectivity index (χ0v) is 17.2. The monoisotopic (exact) mass is 368 g/mol. The molecule has 0 rings (SSSR count). The number of rotatable bonds is 16. The molecule has 0 amide bonds. The first kappa shape index (κ1) is 26.8. The predicted molar refractivity (Wildman–Crippen MR) is 108 cm³/mol. The molecule has 0 unspecified atom stereocenters. The van der Waals surface area contributed by atoms with Crippen LogP contribution >= 0.6 is 0 Å². The van der Waals surface area contributed by atoms with Gasteiger partial charge in [-0.25, -0.2) is 0 Å². The maximum Gasteiger partial charge on any atom is 0.303 e. The van der Waals surface area contributed by atoms with E-state index in [4.69, 9.17) is 5.11 Å². The highest BCUT2D eigenvalue weighted by atomic mass is 16.4. The number of ketones is 2. The van der Waals surface area contributed by atoms with Crippen molar-refractivity contribution >= 4 is 17.5 Å². The maximum atomic E-state index is 10.3. The van der Waals surface area contributed by atoms with Crippen LogP contribution in [0.1, 0.15) is 111 Å². The minimum atomic E-state index is -0.664. The van der Waals surface area contributed by atoms with Gasteiger partial charge >= 0.3 is 5.97 Å². The van der Waals surface area contributed by atoms with Crippen LogP contribution in [0.5, 0.6) is 0 Å². The lowest BCUT2D eigenvalue weighted by molar-refractivity contribution is -0.137. The highest BCUT2D eigenvalue weighted by Crippen LogP contribution is 2.09. The molecule has 4 heteroatoms. The normalized spacial score (nSPS) is 10.4. The maximum absolute atomic E-state index is 10.3. The van der Waals surface area contributed by atoms with Crippen LogP contribution in [0.25, 0.3) is 0 Å². The number of carbonyl (C=O) groups is 3. The van der Waals surface area contributed by atoms with Gasteiger partial charge in [0.15, 0.2) is 11.6 Å². The Balaban J connectivity index is 0. The molecule has 0 atom stereocenters. The Morgan fingerprint density at radius 2 is 1.04 bits per heavy atom. The molecule has 0 aromatic carbocycles. The van der Waals surface area contributed by atoms with E-state index in [-0.39, 0.29) is 11.6 Å². The molecular weight excluding hydrogens is 328 g/mol. The van der Waals surface area contributed by atoms with Gasteiger partial charge in [-0.15, -0.1) is 0 Å². The molecule has 1 N–H and O–H groups in total. The molecule has 0 aliphatic rings. The summed E-state index contributed by atoms with van der Waals surface area (Å²) in [6, 6.07) is 0. The molecule has 0 saturated carbocycles. The van der Waals surface area contributed by atoms with Crippen molar-refractivity contribution in [2.24, 2.45) is 0 Å². The van der Waals surface area contributed by atoms with Gasteiger partial charge in [-0.1, -0.05) is 70.4 Å². The summed E-state index contributed by atoms with van der Waals surface area (Å²) in [7, 11) is 0. The lowest BCUT2D eigenvalue weighted by Gasteiger charge is -1.99. The van der Waals surface area contributed by atoms with E-state index in [0.29, 0.717) is 6.42 Å². The van der Waals surface area contributed by atoms with Gasteiger partial charge in [-0.05, 0) is 32.1 Å². The second kappa shape index (κ2) is 21.6. The lowest BCUT2D eigenvalue weighted by atomic mass is 10.1. The average molecular weight is 369 g/mol. The van der Waals surface area contributed by atoms with E-state index in [1.165, 1.54) is 84.5 Å². The molecule has 0 aliphatic carbocycles. The average Bonchev–Trinajstić information content (AvgIpc) is 2.58. The summed E-state index contributed by atoms with van der Waals surface area (Å²) in [5.74, 6) is -1.42. The Morgan fingerprint density at radius 1 is 0.654 bits per heavy atom. The summed E-state index contributed by atoms with van der Waals surface area (Å²) in [6.45, 7) is 4.76. The molecule has 0 aliphatic heterocycles. The third-order valence-corrected chi connectivity index (χ3v) is 4.15. The van der Waals surface area contributed by atoms with E-state index in [2.05, 4.69) is 19.1 Å². The Hall–Kier alpha value is -1.45.